The molecule has 3 N–H and O–H groups in total. The summed E-state index contributed by atoms with van der Waals surface area (Å²) in [6.07, 6.45) is -0.198. The SMILES string of the molecule is COc1ccc(C2CC(=O)NC(Nc3nc(C)c4ccc(C)cc4n3)N2)cc1OC. The number of nitrogens with zero attached hydrogens (tertiary/aromatic N) is 2. The van der Waals surface area contributed by atoms with Gasteiger partial charge in [0.05, 0.1) is 25.4 Å². The molecule has 4 rings (SSSR count). The number of carbonyl (C=O) groups is 1. The van der Waals surface area contributed by atoms with E-state index in [2.05, 4.69) is 25.9 Å². The molecule has 30 heavy (non-hydrogen) atoms. The van der Waals surface area contributed by atoms with Crippen LogP contribution in [0.1, 0.15) is 29.3 Å². The monoisotopic (exact) mass is 407 g/mol. The van der Waals surface area contributed by atoms with Crippen LogP contribution in [-0.4, -0.2) is 36.4 Å². The lowest BCUT2D eigenvalue weighted by molar-refractivity contribution is -0.124. The number of aromatic nitrogens is 2. The van der Waals surface area contributed by atoms with Crippen molar-refractivity contribution in [1.82, 2.24) is 20.6 Å². The molecule has 2 atom stereocenters. The predicted molar refractivity (Wildman–Crippen MR) is 115 cm³/mol. The van der Waals surface area contributed by atoms with E-state index in [1.54, 1.807) is 14.2 Å². The molecule has 0 aliphatic carbocycles. The van der Waals surface area contributed by atoms with E-state index in [4.69, 9.17) is 9.47 Å². The van der Waals surface area contributed by atoms with Crippen LogP contribution in [0.5, 0.6) is 11.5 Å². The van der Waals surface area contributed by atoms with Crippen molar-refractivity contribution in [3.05, 3.63) is 53.2 Å². The lowest BCUT2D eigenvalue weighted by atomic mass is 10.0. The number of nitrogens with one attached hydrogen (secondary N) is 3. The number of ether oxygens (including phenoxy) is 2. The third-order valence-electron chi connectivity index (χ3n) is 5.19. The highest BCUT2D eigenvalue weighted by molar-refractivity contribution is 5.82. The van der Waals surface area contributed by atoms with Gasteiger partial charge in [-0.15, -0.1) is 0 Å². The van der Waals surface area contributed by atoms with Crippen molar-refractivity contribution in [1.29, 1.82) is 0 Å². The summed E-state index contributed by atoms with van der Waals surface area (Å²) in [7, 11) is 3.19. The number of carbonyl (C=O) groups excluding carboxylic acids is 1. The molecule has 2 aromatic carbocycles. The van der Waals surface area contributed by atoms with Gasteiger partial charge in [-0.25, -0.2) is 9.97 Å². The molecule has 0 radical (unpaired) electrons. The van der Waals surface area contributed by atoms with Crippen molar-refractivity contribution in [2.45, 2.75) is 32.6 Å². The average Bonchev–Trinajstić information content (AvgIpc) is 2.72. The van der Waals surface area contributed by atoms with Crippen molar-refractivity contribution >= 4 is 22.8 Å². The van der Waals surface area contributed by atoms with E-state index < -0.39 is 6.29 Å². The fourth-order valence-electron chi connectivity index (χ4n) is 3.66. The zero-order valence-electron chi connectivity index (χ0n) is 17.4. The summed E-state index contributed by atoms with van der Waals surface area (Å²) in [5.41, 5.74) is 3.80. The second kappa shape index (κ2) is 8.16. The van der Waals surface area contributed by atoms with Crippen molar-refractivity contribution in [2.24, 2.45) is 0 Å². The average molecular weight is 407 g/mol. The van der Waals surface area contributed by atoms with Crippen LogP contribution < -0.4 is 25.4 Å². The smallest absolute Gasteiger partial charge is 0.226 e. The second-order valence-electron chi connectivity index (χ2n) is 7.34. The first kappa shape index (κ1) is 19.9. The van der Waals surface area contributed by atoms with Gasteiger partial charge in [0.15, 0.2) is 17.8 Å². The van der Waals surface area contributed by atoms with E-state index in [1.165, 1.54) is 0 Å². The fourth-order valence-corrected chi connectivity index (χ4v) is 3.66. The number of amides is 1. The van der Waals surface area contributed by atoms with Crippen molar-refractivity contribution in [2.75, 3.05) is 19.5 Å². The third-order valence-corrected chi connectivity index (χ3v) is 5.19. The second-order valence-corrected chi connectivity index (χ2v) is 7.34. The Hall–Kier alpha value is -3.39. The van der Waals surface area contributed by atoms with E-state index in [0.717, 1.165) is 27.7 Å². The first-order valence-electron chi connectivity index (χ1n) is 9.75. The number of rotatable bonds is 5. The Balaban J connectivity index is 1.57. The van der Waals surface area contributed by atoms with Gasteiger partial charge in [-0.2, -0.15) is 0 Å². The maximum Gasteiger partial charge on any atom is 0.226 e. The van der Waals surface area contributed by atoms with Crippen LogP contribution in [0, 0.1) is 13.8 Å². The van der Waals surface area contributed by atoms with Gasteiger partial charge in [-0.3, -0.25) is 10.1 Å². The van der Waals surface area contributed by atoms with Crippen LogP contribution >= 0.6 is 0 Å². The molecule has 0 spiro atoms. The van der Waals surface area contributed by atoms with E-state index in [1.807, 2.05) is 50.2 Å². The molecule has 0 saturated carbocycles. The fraction of sp³-hybridized carbons (Fsp3) is 0.318. The van der Waals surface area contributed by atoms with Gasteiger partial charge in [-0.05, 0) is 43.2 Å². The number of aryl methyl sites for hydroxylation is 2. The number of hydrogen-bond acceptors (Lipinski definition) is 7. The van der Waals surface area contributed by atoms with Crippen LogP contribution in [0.3, 0.4) is 0 Å². The van der Waals surface area contributed by atoms with Crippen LogP contribution in [0.15, 0.2) is 36.4 Å². The molecule has 2 heterocycles. The molecule has 1 fully saturated rings. The Kier molecular flexibility index (Phi) is 5.41. The largest absolute Gasteiger partial charge is 0.493 e. The minimum absolute atomic E-state index is 0.0700. The topological polar surface area (TPSA) is 97.4 Å². The summed E-state index contributed by atoms with van der Waals surface area (Å²) in [4.78, 5) is 21.5. The molecule has 1 aromatic heterocycles. The van der Waals surface area contributed by atoms with E-state index in [-0.39, 0.29) is 11.9 Å². The molecular formula is C22H25N5O3. The van der Waals surface area contributed by atoms with Gasteiger partial charge < -0.3 is 20.1 Å². The number of benzene rings is 2. The van der Waals surface area contributed by atoms with Gasteiger partial charge in [-0.1, -0.05) is 18.2 Å². The van der Waals surface area contributed by atoms with Gasteiger partial charge in [0.2, 0.25) is 11.9 Å². The summed E-state index contributed by atoms with van der Waals surface area (Å²) < 4.78 is 10.7. The number of hydrogen-bond donors (Lipinski definition) is 3. The maximum atomic E-state index is 12.4. The Bertz CT molecular complexity index is 1100. The van der Waals surface area contributed by atoms with E-state index >= 15 is 0 Å². The minimum atomic E-state index is -0.508. The van der Waals surface area contributed by atoms with Crippen LogP contribution in [0.2, 0.25) is 0 Å². The number of methoxy groups -OCH3 is 2. The molecule has 1 aliphatic heterocycles. The highest BCUT2D eigenvalue weighted by Gasteiger charge is 2.28. The number of fused-ring (bicyclic) bond motifs is 1. The zero-order chi connectivity index (χ0) is 21.3. The summed E-state index contributed by atoms with van der Waals surface area (Å²) in [6.45, 7) is 3.98. The molecule has 8 nitrogen and oxygen atoms in total. The number of anilines is 1. The molecule has 1 saturated heterocycles. The molecule has 156 valence electrons. The van der Waals surface area contributed by atoms with Crippen molar-refractivity contribution < 1.29 is 14.3 Å². The Morgan fingerprint density at radius 3 is 2.60 bits per heavy atom. The van der Waals surface area contributed by atoms with Crippen LogP contribution in [-0.2, 0) is 4.79 Å². The Morgan fingerprint density at radius 2 is 1.83 bits per heavy atom. The molecule has 3 aromatic rings. The molecule has 1 aliphatic rings. The molecule has 0 bridgehead atoms. The lowest BCUT2D eigenvalue weighted by Gasteiger charge is -2.32. The van der Waals surface area contributed by atoms with Crippen LogP contribution in [0.4, 0.5) is 5.95 Å². The van der Waals surface area contributed by atoms with Gasteiger partial charge in [0.1, 0.15) is 0 Å². The Morgan fingerprint density at radius 1 is 1.03 bits per heavy atom. The van der Waals surface area contributed by atoms with Crippen molar-refractivity contribution in [3.8, 4) is 11.5 Å². The predicted octanol–water partition coefficient (Wildman–Crippen LogP) is 2.81. The third kappa shape index (κ3) is 3.99. The maximum absolute atomic E-state index is 12.4. The van der Waals surface area contributed by atoms with Gasteiger partial charge >= 0.3 is 0 Å². The minimum Gasteiger partial charge on any atom is -0.493 e. The molecular weight excluding hydrogens is 382 g/mol. The van der Waals surface area contributed by atoms with E-state index in [0.29, 0.717) is 23.9 Å². The highest BCUT2D eigenvalue weighted by Crippen LogP contribution is 2.31. The van der Waals surface area contributed by atoms with Crippen LogP contribution in [0.25, 0.3) is 10.9 Å². The first-order chi connectivity index (χ1) is 14.5. The van der Waals surface area contributed by atoms with Gasteiger partial charge in [0.25, 0.3) is 0 Å². The summed E-state index contributed by atoms with van der Waals surface area (Å²) in [5, 5.41) is 10.5. The molecule has 2 unspecified atom stereocenters. The lowest BCUT2D eigenvalue weighted by Crippen LogP contribution is -2.56. The van der Waals surface area contributed by atoms with Crippen molar-refractivity contribution in [3.63, 3.8) is 0 Å². The first-order valence-corrected chi connectivity index (χ1v) is 9.75. The quantitative estimate of drug-likeness (QED) is 0.598. The highest BCUT2D eigenvalue weighted by atomic mass is 16.5. The molecule has 8 heteroatoms. The summed E-state index contributed by atoms with van der Waals surface area (Å²) >= 11 is 0. The zero-order valence-corrected chi connectivity index (χ0v) is 17.4. The summed E-state index contributed by atoms with van der Waals surface area (Å²) in [5.74, 6) is 1.65. The normalized spacial score (nSPS) is 18.7. The van der Waals surface area contributed by atoms with E-state index in [9.17, 15) is 4.79 Å². The molecule has 1 amide bonds. The Labute approximate surface area is 175 Å². The van der Waals surface area contributed by atoms with Gasteiger partial charge in [0, 0.05) is 17.8 Å². The standard InChI is InChI=1S/C22H25N5O3/c1-12-5-7-15-13(2)23-21(25-17(15)9-12)27-22-24-16(11-20(28)26-22)14-6-8-18(29-3)19(10-14)30-4/h5-10,16,22,24H,11H2,1-4H3,(H,26,28)(H,23,25,27). The summed E-state index contributed by atoms with van der Waals surface area (Å²) in [6, 6.07) is 11.5.